The molecule has 1 saturated carbocycles. The number of ether oxygens (including phenoxy) is 1. The first-order valence-corrected chi connectivity index (χ1v) is 8.48. The van der Waals surface area contributed by atoms with E-state index >= 15 is 0 Å². The Balaban J connectivity index is 1.51. The number of thioether (sulfide) groups is 1. The van der Waals surface area contributed by atoms with E-state index in [1.807, 2.05) is 30.0 Å². The minimum absolute atomic E-state index is 0.0993. The van der Waals surface area contributed by atoms with Crippen molar-refractivity contribution >= 4 is 17.5 Å². The van der Waals surface area contributed by atoms with Crippen LogP contribution in [0.2, 0.25) is 0 Å². The second-order valence-corrected chi connectivity index (χ2v) is 6.71. The molecule has 0 amide bonds. The molecule has 0 spiro atoms. The number of carbonyl (C=O) groups excluding carboxylic acids is 1. The minimum Gasteiger partial charge on any atom is -0.373 e. The predicted octanol–water partition coefficient (Wildman–Crippen LogP) is 2.35. The molecule has 3 nitrogen and oxygen atoms in total. The van der Waals surface area contributed by atoms with Crippen LogP contribution in [0.3, 0.4) is 0 Å². The third-order valence-electron chi connectivity index (χ3n) is 4.10. The highest BCUT2D eigenvalue weighted by molar-refractivity contribution is 7.99. The molecule has 3 rings (SSSR count). The van der Waals surface area contributed by atoms with Crippen molar-refractivity contribution in [3.63, 3.8) is 0 Å². The molecule has 4 heteroatoms. The molecule has 0 aromatic heterocycles. The molecule has 20 heavy (non-hydrogen) atoms. The number of Topliss-reactive ketones (excluding diaryl/α,β-unsaturated/α-hetero) is 1. The fourth-order valence-electron chi connectivity index (χ4n) is 2.98. The van der Waals surface area contributed by atoms with Crippen molar-refractivity contribution in [2.24, 2.45) is 0 Å². The highest BCUT2D eigenvalue weighted by Gasteiger charge is 2.37. The van der Waals surface area contributed by atoms with Crippen LogP contribution in [-0.4, -0.2) is 47.4 Å². The number of rotatable bonds is 4. The van der Waals surface area contributed by atoms with E-state index in [1.54, 1.807) is 0 Å². The zero-order chi connectivity index (χ0) is 13.8. The van der Waals surface area contributed by atoms with Crippen LogP contribution in [-0.2, 0) is 16.1 Å². The van der Waals surface area contributed by atoms with E-state index in [0.29, 0.717) is 18.8 Å². The fourth-order valence-corrected chi connectivity index (χ4v) is 3.91. The molecule has 1 aromatic carbocycles. The number of ketones is 1. The Labute approximate surface area is 124 Å². The van der Waals surface area contributed by atoms with Crippen LogP contribution in [0.5, 0.6) is 0 Å². The van der Waals surface area contributed by atoms with Crippen molar-refractivity contribution in [2.45, 2.75) is 31.6 Å². The summed E-state index contributed by atoms with van der Waals surface area (Å²) in [5, 5.41) is 0. The van der Waals surface area contributed by atoms with Gasteiger partial charge in [0.2, 0.25) is 0 Å². The monoisotopic (exact) mass is 291 g/mol. The average Bonchev–Trinajstić information content (AvgIpc) is 2.88. The lowest BCUT2D eigenvalue weighted by atomic mass is 10.2. The van der Waals surface area contributed by atoms with Gasteiger partial charge in [-0.25, -0.2) is 0 Å². The van der Waals surface area contributed by atoms with Crippen LogP contribution >= 0.6 is 11.8 Å². The number of benzene rings is 1. The maximum atomic E-state index is 12.2. The molecule has 2 atom stereocenters. The Morgan fingerprint density at radius 1 is 1.20 bits per heavy atom. The number of carbonyl (C=O) groups is 1. The Morgan fingerprint density at radius 3 is 2.70 bits per heavy atom. The van der Waals surface area contributed by atoms with E-state index in [2.05, 4.69) is 17.0 Å². The van der Waals surface area contributed by atoms with Crippen molar-refractivity contribution in [1.29, 1.82) is 0 Å². The molecule has 0 radical (unpaired) electrons. The normalized spacial score (nSPS) is 27.9. The summed E-state index contributed by atoms with van der Waals surface area (Å²) in [7, 11) is 0. The summed E-state index contributed by atoms with van der Waals surface area (Å²) >= 11 is 1.98. The van der Waals surface area contributed by atoms with Crippen LogP contribution in [0.25, 0.3) is 0 Å². The highest BCUT2D eigenvalue weighted by Crippen LogP contribution is 2.26. The zero-order valence-electron chi connectivity index (χ0n) is 11.7. The van der Waals surface area contributed by atoms with Gasteiger partial charge in [-0.2, -0.15) is 11.8 Å². The van der Waals surface area contributed by atoms with Gasteiger partial charge < -0.3 is 4.74 Å². The van der Waals surface area contributed by atoms with E-state index in [4.69, 9.17) is 4.74 Å². The van der Waals surface area contributed by atoms with Crippen LogP contribution in [0, 0.1) is 0 Å². The first kappa shape index (κ1) is 14.1. The minimum atomic E-state index is 0.0993. The third-order valence-corrected chi connectivity index (χ3v) is 5.04. The van der Waals surface area contributed by atoms with Crippen molar-refractivity contribution in [1.82, 2.24) is 4.90 Å². The van der Waals surface area contributed by atoms with Crippen molar-refractivity contribution < 1.29 is 9.53 Å². The van der Waals surface area contributed by atoms with Gasteiger partial charge >= 0.3 is 0 Å². The van der Waals surface area contributed by atoms with Gasteiger partial charge in [-0.05, 0) is 12.0 Å². The molecule has 1 aromatic rings. The summed E-state index contributed by atoms with van der Waals surface area (Å²) in [6, 6.07) is 10.3. The smallest absolute Gasteiger partial charge is 0.152 e. The molecule has 1 aliphatic carbocycles. The largest absolute Gasteiger partial charge is 0.373 e. The molecule has 1 heterocycles. The number of hydrogen-bond donors (Lipinski definition) is 0. The van der Waals surface area contributed by atoms with Gasteiger partial charge in [-0.15, -0.1) is 0 Å². The van der Waals surface area contributed by atoms with Gasteiger partial charge in [0.1, 0.15) is 0 Å². The summed E-state index contributed by atoms with van der Waals surface area (Å²) in [6.07, 6.45) is 1.56. The van der Waals surface area contributed by atoms with E-state index in [0.717, 1.165) is 31.0 Å². The SMILES string of the molecule is O=C1C[C@H](OCc2ccccc2)C[C@H]1N1CCSCC1. The van der Waals surface area contributed by atoms with Crippen LogP contribution in [0.1, 0.15) is 18.4 Å². The second kappa shape index (κ2) is 6.74. The summed E-state index contributed by atoms with van der Waals surface area (Å²) < 4.78 is 5.93. The molecule has 2 fully saturated rings. The lowest BCUT2D eigenvalue weighted by Gasteiger charge is -2.30. The molecule has 2 aliphatic rings. The maximum absolute atomic E-state index is 12.2. The molecule has 108 valence electrons. The van der Waals surface area contributed by atoms with Gasteiger partial charge in [0.25, 0.3) is 0 Å². The first-order chi connectivity index (χ1) is 9.83. The molecule has 1 aliphatic heterocycles. The van der Waals surface area contributed by atoms with Crippen LogP contribution < -0.4 is 0 Å². The molecular weight excluding hydrogens is 270 g/mol. The zero-order valence-corrected chi connectivity index (χ0v) is 12.5. The molecule has 1 saturated heterocycles. The van der Waals surface area contributed by atoms with Gasteiger partial charge in [0, 0.05) is 31.0 Å². The Kier molecular flexibility index (Phi) is 4.76. The maximum Gasteiger partial charge on any atom is 0.152 e. The van der Waals surface area contributed by atoms with Gasteiger partial charge in [-0.3, -0.25) is 9.69 Å². The topological polar surface area (TPSA) is 29.5 Å². The molecule has 0 bridgehead atoms. The van der Waals surface area contributed by atoms with Crippen LogP contribution in [0.15, 0.2) is 30.3 Å². The second-order valence-electron chi connectivity index (χ2n) is 5.49. The standard InChI is InChI=1S/C16H21NO2S/c18-16-11-14(19-12-13-4-2-1-3-5-13)10-15(16)17-6-8-20-9-7-17/h1-5,14-15H,6-12H2/t14-,15-/m1/s1. The number of hydrogen-bond acceptors (Lipinski definition) is 4. The highest BCUT2D eigenvalue weighted by atomic mass is 32.2. The van der Waals surface area contributed by atoms with Crippen molar-refractivity contribution in [2.75, 3.05) is 24.6 Å². The Bertz CT molecular complexity index is 445. The summed E-state index contributed by atoms with van der Waals surface area (Å²) in [6.45, 7) is 2.71. The number of nitrogens with zero attached hydrogens (tertiary/aromatic N) is 1. The van der Waals surface area contributed by atoms with E-state index in [1.165, 1.54) is 5.56 Å². The Hall–Kier alpha value is -0.840. The summed E-state index contributed by atoms with van der Waals surface area (Å²) in [5.41, 5.74) is 1.18. The van der Waals surface area contributed by atoms with Crippen molar-refractivity contribution in [3.05, 3.63) is 35.9 Å². The average molecular weight is 291 g/mol. The first-order valence-electron chi connectivity index (χ1n) is 7.33. The quantitative estimate of drug-likeness (QED) is 0.852. The molecular formula is C16H21NO2S. The molecule has 0 unspecified atom stereocenters. The fraction of sp³-hybridized carbons (Fsp3) is 0.562. The van der Waals surface area contributed by atoms with Crippen LogP contribution in [0.4, 0.5) is 0 Å². The molecule has 0 N–H and O–H groups in total. The van der Waals surface area contributed by atoms with Crippen molar-refractivity contribution in [3.8, 4) is 0 Å². The van der Waals surface area contributed by atoms with Gasteiger partial charge in [-0.1, -0.05) is 30.3 Å². The third kappa shape index (κ3) is 3.43. The van der Waals surface area contributed by atoms with Gasteiger partial charge in [0.15, 0.2) is 5.78 Å². The van der Waals surface area contributed by atoms with E-state index in [-0.39, 0.29) is 12.1 Å². The Morgan fingerprint density at radius 2 is 1.95 bits per heavy atom. The van der Waals surface area contributed by atoms with E-state index < -0.39 is 0 Å². The lowest BCUT2D eigenvalue weighted by Crippen LogP contribution is -2.43. The summed E-state index contributed by atoms with van der Waals surface area (Å²) in [4.78, 5) is 14.5. The lowest BCUT2D eigenvalue weighted by molar-refractivity contribution is -0.122. The summed E-state index contributed by atoms with van der Waals surface area (Å²) in [5.74, 6) is 2.67. The van der Waals surface area contributed by atoms with Gasteiger partial charge in [0.05, 0.1) is 18.8 Å². The predicted molar refractivity (Wildman–Crippen MR) is 81.9 cm³/mol. The van der Waals surface area contributed by atoms with E-state index in [9.17, 15) is 4.79 Å².